The monoisotopic (exact) mass is 1790 g/mol. The van der Waals surface area contributed by atoms with E-state index >= 15 is 0 Å². The van der Waals surface area contributed by atoms with Crippen LogP contribution in [-0.4, -0.2) is 258 Å². The summed E-state index contributed by atoms with van der Waals surface area (Å²) in [5.41, 5.74) is 51.0. The zero-order valence-corrected chi connectivity index (χ0v) is 67.1. The molecule has 15 rings (SSSR count). The number of ether oxygens (including phenoxy) is 5. The molecule has 120 heavy (non-hydrogen) atoms. The molecule has 34 N–H and O–H groups in total. The lowest BCUT2D eigenvalue weighted by Crippen LogP contribution is -2.54. The highest BCUT2D eigenvalue weighted by molar-refractivity contribution is 7.71. The maximum Gasteiger partial charge on any atom is 0.280 e. The van der Waals surface area contributed by atoms with Gasteiger partial charge in [-0.05, 0) is 98.7 Å². The van der Waals surface area contributed by atoms with Gasteiger partial charge in [-0.15, -0.1) is 0 Å². The molecule has 5 unspecified atom stereocenters. The maximum absolute atomic E-state index is 14.3. The van der Waals surface area contributed by atoms with Crippen molar-refractivity contribution in [3.8, 4) is 56.5 Å². The second-order valence-corrected chi connectivity index (χ2v) is 29.4. The van der Waals surface area contributed by atoms with Crippen molar-refractivity contribution < 1.29 is 79.1 Å². The van der Waals surface area contributed by atoms with Crippen molar-refractivity contribution in [2.75, 3.05) is 28.7 Å². The van der Waals surface area contributed by atoms with E-state index in [2.05, 4.69) is 121 Å². The van der Waals surface area contributed by atoms with Crippen molar-refractivity contribution in [1.29, 1.82) is 0 Å². The highest BCUT2D eigenvalue weighted by atomic mass is 35.5. The second kappa shape index (κ2) is 35.2. The molecule has 640 valence electrons. The van der Waals surface area contributed by atoms with Crippen LogP contribution in [0.25, 0.3) is 55.6 Å². The molecule has 15 heterocycles. The number of nitrogens with two attached hydrogens (primary N) is 10. The first kappa shape index (κ1) is 90.7. The molecule has 0 saturated carbocycles. The summed E-state index contributed by atoms with van der Waals surface area (Å²) in [5.74, 6) is 11.4. The Balaban J connectivity index is 0.000000147. The first-order chi connectivity index (χ1) is 56.5. The number of fused-ring (bicyclic) bond motifs is 5. The quantitative estimate of drug-likeness (QED) is 0.0449. The standard InChI is InChI=1S/C14H15ClFN5O4.C14H16ClN5O4.C13H15ClN6O4.C13H15ClN6O3S.C13H15ClN6O3/c1-5(22)8-9(23)14(18,2-3-15)12(25-8)21-4-6(16)7-10(21)19-13(17)20-11(7)24;1-6(21)8-9(22)14(17,3-4-15)12(24-8)20-5-2-7-10(20)18-13(16)19-11(7)23;1-5(21)7-8(22)13(16,2-3-14)11(24-7)20-4-17-6-9(20)18-12(15)19-10(6)23;1-5(21)7-8(22)13(16,2-3-14)11(23-7)20-4-17-6-9(20)18-12(15)19-10(6)24;1-6(21)8-9(22)13(16,2-3-14)11(23-8)20-5-18-7-4-17-12(15)19-10(7)20/h4-5,8-9,12,22-23H,18H2,1H3,(H3,17,19,20,24);2,5-6,8-9,12,21-22H,17H2,1H3,(H3,16,18,19,23);4-5,7-8,11,21-22H,16H2,1H3,(H3,15,18,19,23);4-5,7-8,11,21-22H,16H2,1H3,(H3,15,18,19,24);4-6,8-9,11,21-22H,16H2,1H3,(H2,15,17,19)/t5-,8+,9-,12+,14?;6-,8+,9-,12+,14?;2*5-,7+,8-,11+,13?;6-,8+,9-,11+,13?/m00000/s1. The van der Waals surface area contributed by atoms with Gasteiger partial charge < -0.3 is 142 Å². The molecule has 5 fully saturated rings. The SMILES string of the molecule is C[C@H](O)[C@H]1O[C@@H](n2cc(F)c3c(=O)[nH]c(N)nc32)C(N)(C#CCl)[C@H]1O.C[C@H](O)[C@H]1O[C@@H](n2ccc3c(=O)[nH]c(N)nc32)C(N)(C#CCl)[C@H]1O.C[C@H](O)[C@H]1O[C@@H](n2cnc3c(=O)[nH]c(N)nc32)C(N)(C#CCl)[C@H]1O.C[C@H](O)[C@H]1O[C@@H](n2cnc3c(=S)nc(N)[nH]c32)C(N)(C#CCl)[C@H]1O.C[C@H](O)[C@H]1O[C@@H](n2cnc3cnc(N)nc32)C(N)(C#CCl)[C@H]1O. The van der Waals surface area contributed by atoms with Crippen molar-refractivity contribution in [2.45, 2.75) is 185 Å². The minimum absolute atomic E-state index is 0.0176. The number of anilines is 5. The number of aromatic amines is 4. The van der Waals surface area contributed by atoms with Crippen LogP contribution in [-0.2, 0) is 23.7 Å². The summed E-state index contributed by atoms with van der Waals surface area (Å²) in [6.45, 7) is 7.25. The number of halogens is 6. The van der Waals surface area contributed by atoms with Crippen LogP contribution in [0.1, 0.15) is 65.8 Å². The minimum atomic E-state index is -1.79. The van der Waals surface area contributed by atoms with Gasteiger partial charge in [0.05, 0.1) is 61.1 Å². The number of hydrogen-bond acceptors (Lipinski definition) is 38. The molecule has 0 amide bonds. The Labute approximate surface area is 702 Å². The van der Waals surface area contributed by atoms with E-state index in [-0.39, 0.29) is 67.6 Å². The normalized spacial score (nSPS) is 31.0. The molecular formula is C67H76Cl5FN28O18S. The van der Waals surface area contributed by atoms with Crippen LogP contribution in [0.15, 0.2) is 58.0 Å². The van der Waals surface area contributed by atoms with E-state index in [1.165, 1.54) is 90.3 Å². The fourth-order valence-electron chi connectivity index (χ4n) is 14.0. The Hall–Kier alpha value is -10.1. The minimum Gasteiger partial charge on any atom is -0.391 e. The summed E-state index contributed by atoms with van der Waals surface area (Å²) < 4.78 is 49.8. The highest BCUT2D eigenvalue weighted by Crippen LogP contribution is 2.45. The maximum atomic E-state index is 14.3. The fourth-order valence-corrected chi connectivity index (χ4v) is 15.1. The van der Waals surface area contributed by atoms with Gasteiger partial charge in [0, 0.05) is 39.3 Å². The number of aliphatic hydroxyl groups excluding tert-OH is 10. The summed E-state index contributed by atoms with van der Waals surface area (Å²) in [5, 5.41) is 112. The predicted molar refractivity (Wildman–Crippen MR) is 430 cm³/mol. The zero-order chi connectivity index (χ0) is 88.2. The molecule has 0 aliphatic carbocycles. The van der Waals surface area contributed by atoms with Gasteiger partial charge in [-0.2, -0.15) is 19.9 Å². The highest BCUT2D eigenvalue weighted by Gasteiger charge is 2.61. The molecule has 10 aromatic heterocycles. The first-order valence-electron chi connectivity index (χ1n) is 34.9. The van der Waals surface area contributed by atoms with Crippen LogP contribution in [0.5, 0.6) is 0 Å². The van der Waals surface area contributed by atoms with Gasteiger partial charge in [-0.25, -0.2) is 29.3 Å². The summed E-state index contributed by atoms with van der Waals surface area (Å²) in [4.78, 5) is 81.7. The first-order valence-corrected chi connectivity index (χ1v) is 37.2. The third kappa shape index (κ3) is 16.3. The van der Waals surface area contributed by atoms with Crippen LogP contribution in [0, 0.1) is 67.0 Å². The predicted octanol–water partition coefficient (Wildman–Crippen LogP) is -5.38. The summed E-state index contributed by atoms with van der Waals surface area (Å²) in [6.07, 6.45) is -14.1. The second-order valence-electron chi connectivity index (χ2n) is 28.0. The molecule has 5 aliphatic rings. The van der Waals surface area contributed by atoms with E-state index in [0.717, 1.165) is 10.8 Å². The molecule has 25 atom stereocenters. The lowest BCUT2D eigenvalue weighted by Gasteiger charge is -2.28. The number of aliphatic hydroxyl groups is 10. The van der Waals surface area contributed by atoms with Crippen molar-refractivity contribution >= 4 is 156 Å². The average molecular weight is 1790 g/mol. The van der Waals surface area contributed by atoms with Gasteiger partial charge in [0.1, 0.15) is 83.1 Å². The Morgan fingerprint density at radius 1 is 0.450 bits per heavy atom. The van der Waals surface area contributed by atoms with Gasteiger partial charge in [-0.3, -0.25) is 47.6 Å². The van der Waals surface area contributed by atoms with Crippen molar-refractivity contribution in [3.05, 3.63) is 85.2 Å². The number of imidazole rings is 3. The Kier molecular flexibility index (Phi) is 26.6. The van der Waals surface area contributed by atoms with Crippen LogP contribution in [0.4, 0.5) is 34.1 Å². The Bertz CT molecular complexity index is 5800. The molecule has 10 aromatic rings. The number of rotatable bonds is 10. The van der Waals surface area contributed by atoms with Crippen LogP contribution in [0.3, 0.4) is 0 Å². The smallest absolute Gasteiger partial charge is 0.280 e. The molecule has 0 aromatic carbocycles. The van der Waals surface area contributed by atoms with E-state index in [9.17, 15) is 69.8 Å². The largest absolute Gasteiger partial charge is 0.391 e. The molecule has 0 bridgehead atoms. The topological polar surface area (TPSA) is 764 Å². The molecule has 53 heteroatoms. The Morgan fingerprint density at radius 3 is 1.23 bits per heavy atom. The van der Waals surface area contributed by atoms with E-state index in [1.807, 2.05) is 0 Å². The van der Waals surface area contributed by atoms with Crippen molar-refractivity contribution in [1.82, 2.24) is 87.6 Å². The summed E-state index contributed by atoms with van der Waals surface area (Å²) in [7, 11) is 0. The van der Waals surface area contributed by atoms with Crippen molar-refractivity contribution in [3.63, 3.8) is 0 Å². The van der Waals surface area contributed by atoms with Crippen LogP contribution < -0.4 is 74.0 Å². The third-order valence-corrected chi connectivity index (χ3v) is 20.7. The van der Waals surface area contributed by atoms with E-state index in [4.69, 9.17) is 151 Å². The van der Waals surface area contributed by atoms with Gasteiger partial charge in [-0.1, -0.05) is 41.8 Å². The lowest BCUT2D eigenvalue weighted by atomic mass is 9.90. The van der Waals surface area contributed by atoms with E-state index in [1.54, 1.807) is 0 Å². The number of nitrogens with zero attached hydrogens (tertiary/aromatic N) is 14. The molecule has 5 saturated heterocycles. The zero-order valence-electron chi connectivity index (χ0n) is 62.5. The van der Waals surface area contributed by atoms with Gasteiger partial charge in [0.25, 0.3) is 16.7 Å². The molecule has 0 radical (unpaired) electrons. The van der Waals surface area contributed by atoms with Crippen LogP contribution in [0.2, 0.25) is 0 Å². The van der Waals surface area contributed by atoms with Crippen molar-refractivity contribution in [2.24, 2.45) is 28.7 Å². The van der Waals surface area contributed by atoms with Gasteiger partial charge >= 0.3 is 0 Å². The molecular weight excluding hydrogens is 1710 g/mol. The fraction of sp³-hybridized carbons (Fsp3) is 0.448. The van der Waals surface area contributed by atoms with Gasteiger partial charge in [0.2, 0.25) is 23.8 Å². The summed E-state index contributed by atoms with van der Waals surface area (Å²) >= 11 is 32.5. The average Bonchev–Trinajstić information content (AvgIpc) is 1.58. The Morgan fingerprint density at radius 2 is 0.800 bits per heavy atom. The third-order valence-electron chi connectivity index (χ3n) is 19.9. The van der Waals surface area contributed by atoms with E-state index < -0.39 is 173 Å². The van der Waals surface area contributed by atoms with Gasteiger partial charge in [0.15, 0.2) is 103 Å². The number of nitrogen functional groups attached to an aromatic ring is 5. The molecule has 5 aliphatic heterocycles. The van der Waals surface area contributed by atoms with E-state index in [0.29, 0.717) is 22.3 Å². The van der Waals surface area contributed by atoms with Crippen LogP contribution >= 0.6 is 70.2 Å². The summed E-state index contributed by atoms with van der Waals surface area (Å²) in [6, 6.07) is 1.51. The number of aromatic nitrogens is 18. The molecule has 0 spiro atoms. The number of hydrogen-bond donors (Lipinski definition) is 24. The number of nitrogens with one attached hydrogen (secondary N) is 4. The number of H-pyrrole nitrogens is 4. The molecule has 46 nitrogen and oxygen atoms in total. The lowest BCUT2D eigenvalue weighted by molar-refractivity contribution is -0.0757.